The summed E-state index contributed by atoms with van der Waals surface area (Å²) in [6.07, 6.45) is 1.99. The van der Waals surface area contributed by atoms with Crippen LogP contribution in [0, 0.1) is 0 Å². The van der Waals surface area contributed by atoms with Crippen molar-refractivity contribution in [1.29, 1.82) is 0 Å². The molecule has 25 heavy (non-hydrogen) atoms. The number of aromatic nitrogens is 3. The van der Waals surface area contributed by atoms with Crippen LogP contribution in [0.1, 0.15) is 31.6 Å². The highest BCUT2D eigenvalue weighted by Gasteiger charge is 2.26. The summed E-state index contributed by atoms with van der Waals surface area (Å²) in [5.41, 5.74) is 3.69. The van der Waals surface area contributed by atoms with Gasteiger partial charge in [-0.05, 0) is 29.3 Å². The summed E-state index contributed by atoms with van der Waals surface area (Å²) in [6, 6.07) is 10.1. The predicted molar refractivity (Wildman–Crippen MR) is 102 cm³/mol. The number of thioether (sulfide) groups is 1. The predicted octanol–water partition coefficient (Wildman–Crippen LogP) is 5.00. The molecule has 1 aliphatic heterocycles. The molecule has 2 aromatic heterocycles. The minimum Gasteiger partial charge on any atom is -0.448 e. The molecular formula is C18H18N4OS2. The Hall–Kier alpha value is -2.12. The van der Waals surface area contributed by atoms with Gasteiger partial charge in [0.25, 0.3) is 0 Å². The summed E-state index contributed by atoms with van der Waals surface area (Å²) in [4.78, 5) is 4.63. The molecule has 0 aliphatic carbocycles. The maximum absolute atomic E-state index is 6.20. The number of ether oxygens (including phenoxy) is 1. The molecule has 1 aromatic carbocycles. The molecule has 5 nitrogen and oxygen atoms in total. The van der Waals surface area contributed by atoms with E-state index in [9.17, 15) is 0 Å². The van der Waals surface area contributed by atoms with Crippen LogP contribution in [0.15, 0.2) is 46.2 Å². The van der Waals surface area contributed by atoms with E-state index < -0.39 is 0 Å². The first-order valence-electron chi connectivity index (χ1n) is 8.27. The average Bonchev–Trinajstić information content (AvgIpc) is 3.12. The zero-order chi connectivity index (χ0) is 17.1. The number of fused-ring (bicyclic) bond motifs is 3. The number of unbranched alkanes of at least 4 members (excludes halogenated alkanes) is 1. The van der Waals surface area contributed by atoms with E-state index in [0.717, 1.165) is 35.4 Å². The van der Waals surface area contributed by atoms with Gasteiger partial charge in [-0.1, -0.05) is 43.3 Å². The molecule has 1 N–H and O–H groups in total. The first kappa shape index (κ1) is 16.4. The molecule has 0 saturated carbocycles. The number of hydrogen-bond donors (Lipinski definition) is 1. The highest BCUT2D eigenvalue weighted by Crippen LogP contribution is 2.39. The number of para-hydroxylation sites is 1. The maximum Gasteiger partial charge on any atom is 0.247 e. The second-order valence-corrected chi connectivity index (χ2v) is 7.54. The van der Waals surface area contributed by atoms with Crippen LogP contribution in [0.2, 0.25) is 0 Å². The molecule has 3 aromatic rings. The Balaban J connectivity index is 1.73. The Labute approximate surface area is 154 Å². The third-order valence-corrected chi connectivity index (χ3v) is 5.53. The summed E-state index contributed by atoms with van der Waals surface area (Å²) in [5.74, 6) is 1.52. The summed E-state index contributed by atoms with van der Waals surface area (Å²) in [5, 5.41) is 16.9. The van der Waals surface area contributed by atoms with Crippen LogP contribution < -0.4 is 10.1 Å². The first-order valence-corrected chi connectivity index (χ1v) is 10.2. The highest BCUT2D eigenvalue weighted by molar-refractivity contribution is 7.99. The van der Waals surface area contributed by atoms with E-state index in [1.165, 1.54) is 0 Å². The van der Waals surface area contributed by atoms with Crippen molar-refractivity contribution >= 4 is 28.8 Å². The highest BCUT2D eigenvalue weighted by atomic mass is 32.2. The SMILES string of the molecule is CCCCSc1nnc2c(n1)OC(c1ccsc1)Nc1ccccc1-2. The quantitative estimate of drug-likeness (QED) is 0.504. The van der Waals surface area contributed by atoms with Crippen LogP contribution >= 0.6 is 23.1 Å². The van der Waals surface area contributed by atoms with Crippen molar-refractivity contribution in [2.45, 2.75) is 31.1 Å². The molecule has 0 spiro atoms. The van der Waals surface area contributed by atoms with E-state index in [4.69, 9.17) is 4.74 Å². The van der Waals surface area contributed by atoms with Crippen LogP contribution in [0.4, 0.5) is 5.69 Å². The number of benzene rings is 1. The van der Waals surface area contributed by atoms with E-state index in [-0.39, 0.29) is 6.23 Å². The number of hydrogen-bond acceptors (Lipinski definition) is 7. The lowest BCUT2D eigenvalue weighted by atomic mass is 10.1. The number of thiophene rings is 1. The molecule has 0 saturated heterocycles. The topological polar surface area (TPSA) is 59.9 Å². The Morgan fingerprint density at radius 2 is 2.16 bits per heavy atom. The standard InChI is InChI=1S/C18H18N4OS2/c1-2-3-9-25-18-20-17-15(21-22-18)13-6-4-5-7-14(13)19-16(23-17)12-8-10-24-11-12/h4-8,10-11,16,19H,2-3,9H2,1H3. The largest absolute Gasteiger partial charge is 0.448 e. The van der Waals surface area contributed by atoms with Crippen LogP contribution in [-0.4, -0.2) is 20.9 Å². The second-order valence-electron chi connectivity index (χ2n) is 5.69. The van der Waals surface area contributed by atoms with Gasteiger partial charge < -0.3 is 10.1 Å². The van der Waals surface area contributed by atoms with Crippen molar-refractivity contribution in [3.8, 4) is 17.1 Å². The second kappa shape index (κ2) is 7.41. The van der Waals surface area contributed by atoms with Crippen LogP contribution in [0.5, 0.6) is 5.88 Å². The van der Waals surface area contributed by atoms with Crippen LogP contribution in [0.3, 0.4) is 0 Å². The number of anilines is 1. The minimum atomic E-state index is -0.293. The molecule has 0 radical (unpaired) electrons. The van der Waals surface area contributed by atoms with Gasteiger partial charge in [0.15, 0.2) is 11.9 Å². The summed E-state index contributed by atoms with van der Waals surface area (Å²) < 4.78 is 6.20. The fraction of sp³-hybridized carbons (Fsp3) is 0.278. The van der Waals surface area contributed by atoms with E-state index in [2.05, 4.69) is 38.9 Å². The first-order chi connectivity index (χ1) is 12.3. The Kier molecular flexibility index (Phi) is 4.85. The molecule has 0 fully saturated rings. The van der Waals surface area contributed by atoms with Gasteiger partial charge in [-0.3, -0.25) is 0 Å². The van der Waals surface area contributed by atoms with E-state index >= 15 is 0 Å². The summed E-state index contributed by atoms with van der Waals surface area (Å²) >= 11 is 3.27. The third-order valence-electron chi connectivity index (χ3n) is 3.91. The van der Waals surface area contributed by atoms with E-state index in [1.807, 2.05) is 29.6 Å². The van der Waals surface area contributed by atoms with Gasteiger partial charge in [-0.2, -0.15) is 16.3 Å². The van der Waals surface area contributed by atoms with E-state index in [1.54, 1.807) is 23.1 Å². The molecule has 128 valence electrons. The van der Waals surface area contributed by atoms with Crippen molar-refractivity contribution in [3.05, 3.63) is 46.7 Å². The molecule has 1 aliphatic rings. The molecule has 4 rings (SSSR count). The van der Waals surface area contributed by atoms with Crippen molar-refractivity contribution in [2.24, 2.45) is 0 Å². The Morgan fingerprint density at radius 3 is 3.00 bits per heavy atom. The fourth-order valence-corrected chi connectivity index (χ4v) is 4.13. The summed E-state index contributed by atoms with van der Waals surface area (Å²) in [7, 11) is 0. The fourth-order valence-electron chi connectivity index (χ4n) is 2.59. The molecule has 1 atom stereocenters. The number of nitrogens with one attached hydrogen (secondary N) is 1. The van der Waals surface area contributed by atoms with Gasteiger partial charge in [0.2, 0.25) is 11.0 Å². The van der Waals surface area contributed by atoms with Gasteiger partial charge in [0.1, 0.15) is 0 Å². The number of nitrogens with zero attached hydrogens (tertiary/aromatic N) is 3. The van der Waals surface area contributed by atoms with Gasteiger partial charge in [-0.25, -0.2) is 0 Å². The lowest BCUT2D eigenvalue weighted by molar-refractivity contribution is 0.225. The summed E-state index contributed by atoms with van der Waals surface area (Å²) in [6.45, 7) is 2.17. The molecule has 0 amide bonds. The monoisotopic (exact) mass is 370 g/mol. The Morgan fingerprint density at radius 1 is 1.24 bits per heavy atom. The minimum absolute atomic E-state index is 0.293. The number of rotatable bonds is 5. The van der Waals surface area contributed by atoms with Gasteiger partial charge in [-0.15, -0.1) is 10.2 Å². The van der Waals surface area contributed by atoms with Gasteiger partial charge in [0.05, 0.1) is 0 Å². The van der Waals surface area contributed by atoms with Crippen molar-refractivity contribution in [1.82, 2.24) is 15.2 Å². The maximum atomic E-state index is 6.20. The molecule has 3 heterocycles. The van der Waals surface area contributed by atoms with Gasteiger partial charge >= 0.3 is 0 Å². The smallest absolute Gasteiger partial charge is 0.247 e. The van der Waals surface area contributed by atoms with Crippen molar-refractivity contribution < 1.29 is 4.74 Å². The zero-order valence-electron chi connectivity index (χ0n) is 13.8. The zero-order valence-corrected chi connectivity index (χ0v) is 15.4. The van der Waals surface area contributed by atoms with Crippen LogP contribution in [0.25, 0.3) is 11.3 Å². The average molecular weight is 371 g/mol. The van der Waals surface area contributed by atoms with Crippen molar-refractivity contribution in [3.63, 3.8) is 0 Å². The van der Waals surface area contributed by atoms with Gasteiger partial charge in [0, 0.05) is 22.6 Å². The normalized spacial score (nSPS) is 15.5. The van der Waals surface area contributed by atoms with Crippen molar-refractivity contribution in [2.75, 3.05) is 11.1 Å². The van der Waals surface area contributed by atoms with Crippen LogP contribution in [-0.2, 0) is 0 Å². The third kappa shape index (κ3) is 3.48. The Bertz CT molecular complexity index is 854. The molecular weight excluding hydrogens is 352 g/mol. The lowest BCUT2D eigenvalue weighted by Crippen LogP contribution is -2.16. The van der Waals surface area contributed by atoms with E-state index in [0.29, 0.717) is 16.7 Å². The molecule has 7 heteroatoms. The lowest BCUT2D eigenvalue weighted by Gasteiger charge is -2.17. The molecule has 1 unspecified atom stereocenters. The molecule has 0 bridgehead atoms.